The normalized spacial score (nSPS) is 12.7. The van der Waals surface area contributed by atoms with Crippen LogP contribution in [-0.4, -0.2) is 7.05 Å². The summed E-state index contributed by atoms with van der Waals surface area (Å²) in [4.78, 5) is 1.33. The lowest BCUT2D eigenvalue weighted by Crippen LogP contribution is -2.17. The first-order valence-corrected chi connectivity index (χ1v) is 7.58. The van der Waals surface area contributed by atoms with Crippen molar-refractivity contribution in [1.29, 1.82) is 0 Å². The third kappa shape index (κ3) is 2.67. The molecule has 1 heterocycles. The lowest BCUT2D eigenvalue weighted by atomic mass is 10.1. The second kappa shape index (κ2) is 5.62. The van der Waals surface area contributed by atoms with Crippen LogP contribution in [0.1, 0.15) is 16.5 Å². The number of nitrogens with one attached hydrogen (secondary N) is 1. The number of hydrogen-bond donors (Lipinski definition) is 1. The SMILES string of the molecule is CNC(c1ccc(Br)s1)c1ccccc1I. The number of benzene rings is 1. The van der Waals surface area contributed by atoms with E-state index in [4.69, 9.17) is 0 Å². The minimum Gasteiger partial charge on any atom is -0.309 e. The van der Waals surface area contributed by atoms with Gasteiger partial charge in [-0.25, -0.2) is 0 Å². The minimum atomic E-state index is 0.282. The van der Waals surface area contributed by atoms with Crippen LogP contribution < -0.4 is 5.32 Å². The molecule has 0 saturated heterocycles. The Kier molecular flexibility index (Phi) is 4.41. The molecule has 1 atom stereocenters. The quantitative estimate of drug-likeness (QED) is 0.742. The van der Waals surface area contributed by atoms with E-state index >= 15 is 0 Å². The van der Waals surface area contributed by atoms with Gasteiger partial charge >= 0.3 is 0 Å². The number of halogens is 2. The molecule has 84 valence electrons. The molecular weight excluding hydrogens is 397 g/mol. The Balaban J connectivity index is 2.40. The summed E-state index contributed by atoms with van der Waals surface area (Å²) in [6, 6.07) is 13.0. The van der Waals surface area contributed by atoms with E-state index < -0.39 is 0 Å². The average Bonchev–Trinajstić information content (AvgIpc) is 2.69. The van der Waals surface area contributed by atoms with E-state index in [1.54, 1.807) is 11.3 Å². The van der Waals surface area contributed by atoms with Crippen LogP contribution in [-0.2, 0) is 0 Å². The smallest absolute Gasteiger partial charge is 0.0702 e. The van der Waals surface area contributed by atoms with Crippen LogP contribution in [0.25, 0.3) is 0 Å². The van der Waals surface area contributed by atoms with Gasteiger partial charge in [0.2, 0.25) is 0 Å². The molecule has 0 radical (unpaired) electrons. The predicted molar refractivity (Wildman–Crippen MR) is 82.1 cm³/mol. The Bertz CT molecular complexity index is 483. The molecule has 0 saturated carbocycles. The first-order chi connectivity index (χ1) is 7.72. The minimum absolute atomic E-state index is 0.282. The first kappa shape index (κ1) is 12.5. The molecule has 2 rings (SSSR count). The second-order valence-electron chi connectivity index (χ2n) is 3.39. The van der Waals surface area contributed by atoms with Crippen molar-refractivity contribution in [2.75, 3.05) is 7.05 Å². The summed E-state index contributed by atoms with van der Waals surface area (Å²) in [7, 11) is 2.00. The number of hydrogen-bond acceptors (Lipinski definition) is 2. The zero-order valence-corrected chi connectivity index (χ0v) is 13.3. The van der Waals surface area contributed by atoms with Gasteiger partial charge in [0.1, 0.15) is 0 Å². The van der Waals surface area contributed by atoms with Gasteiger partial charge in [0.15, 0.2) is 0 Å². The van der Waals surface area contributed by atoms with E-state index in [1.165, 1.54) is 17.8 Å². The molecule has 0 amide bonds. The molecule has 1 nitrogen and oxygen atoms in total. The molecule has 1 aromatic carbocycles. The van der Waals surface area contributed by atoms with Crippen molar-refractivity contribution in [2.24, 2.45) is 0 Å². The molecule has 1 N–H and O–H groups in total. The molecule has 1 unspecified atom stereocenters. The molecule has 0 bridgehead atoms. The van der Waals surface area contributed by atoms with Gasteiger partial charge in [-0.1, -0.05) is 18.2 Å². The zero-order chi connectivity index (χ0) is 11.5. The summed E-state index contributed by atoms with van der Waals surface area (Å²) in [5.41, 5.74) is 1.33. The van der Waals surface area contributed by atoms with Gasteiger partial charge in [-0.15, -0.1) is 11.3 Å². The highest BCUT2D eigenvalue weighted by Gasteiger charge is 2.15. The summed E-state index contributed by atoms with van der Waals surface area (Å²) < 4.78 is 2.47. The van der Waals surface area contributed by atoms with Gasteiger partial charge in [-0.05, 0) is 69.3 Å². The molecule has 1 aromatic heterocycles. The number of rotatable bonds is 3. The Labute approximate surface area is 122 Å². The summed E-state index contributed by atoms with van der Waals surface area (Å²) in [5, 5.41) is 3.37. The van der Waals surface area contributed by atoms with Crippen molar-refractivity contribution >= 4 is 49.9 Å². The summed E-state index contributed by atoms with van der Waals surface area (Å²) in [6.45, 7) is 0. The second-order valence-corrected chi connectivity index (χ2v) is 7.04. The van der Waals surface area contributed by atoms with Crippen LogP contribution in [0.15, 0.2) is 40.2 Å². The van der Waals surface area contributed by atoms with E-state index in [0.29, 0.717) is 0 Å². The molecule has 0 aliphatic rings. The molecule has 0 spiro atoms. The molecule has 16 heavy (non-hydrogen) atoms. The standard InChI is InChI=1S/C12H11BrINS/c1-15-12(10-6-7-11(13)16-10)8-4-2-3-5-9(8)14/h2-7,12,15H,1H3. The van der Waals surface area contributed by atoms with Gasteiger partial charge < -0.3 is 5.32 Å². The molecule has 0 aliphatic carbocycles. The van der Waals surface area contributed by atoms with E-state index in [9.17, 15) is 0 Å². The van der Waals surface area contributed by atoms with Crippen molar-refractivity contribution < 1.29 is 0 Å². The van der Waals surface area contributed by atoms with Crippen LogP contribution in [0, 0.1) is 3.57 Å². The fourth-order valence-corrected chi connectivity index (χ4v) is 3.90. The van der Waals surface area contributed by atoms with Gasteiger partial charge in [-0.2, -0.15) is 0 Å². The van der Waals surface area contributed by atoms with E-state index in [2.05, 4.69) is 80.2 Å². The highest BCUT2D eigenvalue weighted by atomic mass is 127. The van der Waals surface area contributed by atoms with Crippen LogP contribution in [0.4, 0.5) is 0 Å². The van der Waals surface area contributed by atoms with Crippen molar-refractivity contribution in [1.82, 2.24) is 5.32 Å². The molecular formula is C12H11BrINS. The molecule has 2 aromatic rings. The van der Waals surface area contributed by atoms with Gasteiger partial charge in [0.25, 0.3) is 0 Å². The van der Waals surface area contributed by atoms with Crippen molar-refractivity contribution in [3.8, 4) is 0 Å². The third-order valence-corrected chi connectivity index (χ3v) is 5.05. The van der Waals surface area contributed by atoms with Crippen molar-refractivity contribution in [2.45, 2.75) is 6.04 Å². The number of thiophene rings is 1. The van der Waals surface area contributed by atoms with Gasteiger partial charge in [0, 0.05) is 8.45 Å². The lowest BCUT2D eigenvalue weighted by Gasteiger charge is -2.16. The van der Waals surface area contributed by atoms with Crippen molar-refractivity contribution in [3.05, 3.63) is 54.2 Å². The van der Waals surface area contributed by atoms with Crippen LogP contribution >= 0.6 is 49.9 Å². The van der Waals surface area contributed by atoms with Gasteiger partial charge in [-0.3, -0.25) is 0 Å². The average molecular weight is 408 g/mol. The summed E-state index contributed by atoms with van der Waals surface area (Å²) >= 11 is 7.67. The maximum Gasteiger partial charge on any atom is 0.0702 e. The first-order valence-electron chi connectivity index (χ1n) is 4.89. The highest BCUT2D eigenvalue weighted by Crippen LogP contribution is 2.32. The third-order valence-electron chi connectivity index (χ3n) is 2.38. The van der Waals surface area contributed by atoms with Gasteiger partial charge in [0.05, 0.1) is 9.83 Å². The fourth-order valence-electron chi connectivity index (χ4n) is 1.64. The lowest BCUT2D eigenvalue weighted by molar-refractivity contribution is 0.700. The monoisotopic (exact) mass is 407 g/mol. The fraction of sp³-hybridized carbons (Fsp3) is 0.167. The Morgan fingerprint density at radius 1 is 1.25 bits per heavy atom. The maximum absolute atomic E-state index is 3.51. The highest BCUT2D eigenvalue weighted by molar-refractivity contribution is 14.1. The summed E-state index contributed by atoms with van der Waals surface area (Å²) in [5.74, 6) is 0. The van der Waals surface area contributed by atoms with E-state index in [1.807, 2.05) is 7.05 Å². The van der Waals surface area contributed by atoms with E-state index in [0.717, 1.165) is 0 Å². The Morgan fingerprint density at radius 3 is 2.56 bits per heavy atom. The largest absolute Gasteiger partial charge is 0.309 e. The topological polar surface area (TPSA) is 12.0 Å². The molecule has 4 heteroatoms. The van der Waals surface area contributed by atoms with E-state index in [-0.39, 0.29) is 6.04 Å². The molecule has 0 aliphatic heterocycles. The van der Waals surface area contributed by atoms with Crippen LogP contribution in [0.5, 0.6) is 0 Å². The van der Waals surface area contributed by atoms with Crippen LogP contribution in [0.2, 0.25) is 0 Å². The molecule has 0 fully saturated rings. The Morgan fingerprint density at radius 2 is 2.00 bits per heavy atom. The van der Waals surface area contributed by atoms with Crippen LogP contribution in [0.3, 0.4) is 0 Å². The zero-order valence-electron chi connectivity index (χ0n) is 8.71. The summed E-state index contributed by atoms with van der Waals surface area (Å²) in [6.07, 6.45) is 0. The van der Waals surface area contributed by atoms with Crippen molar-refractivity contribution in [3.63, 3.8) is 0 Å². The predicted octanol–water partition coefficient (Wildman–Crippen LogP) is 4.42. The maximum atomic E-state index is 3.51. The Hall–Kier alpha value is 0.0900.